The van der Waals surface area contributed by atoms with E-state index in [1.165, 1.54) is 60.1 Å². The van der Waals surface area contributed by atoms with Crippen LogP contribution in [-0.4, -0.2) is 29.1 Å². The molecule has 0 aliphatic heterocycles. The number of hydrogen-bond acceptors (Lipinski definition) is 5. The Morgan fingerprint density at radius 1 is 0.362 bits per heavy atom. The maximum atomic E-state index is 6.92. The van der Waals surface area contributed by atoms with Crippen LogP contribution in [0, 0.1) is 0 Å². The second kappa shape index (κ2) is 19.8. The zero-order chi connectivity index (χ0) is 61.9. The molecule has 0 atom stereocenters. The Morgan fingerprint density at radius 3 is 1.77 bits per heavy atom. The first-order chi connectivity index (χ1) is 46.3. The summed E-state index contributed by atoms with van der Waals surface area (Å²) in [6, 6.07) is 99.0. The fourth-order valence-corrected chi connectivity index (χ4v) is 15.6. The summed E-state index contributed by atoms with van der Waals surface area (Å²) in [6.07, 6.45) is 5.89. The van der Waals surface area contributed by atoms with Gasteiger partial charge < -0.3 is 8.98 Å². The van der Waals surface area contributed by atoms with Crippen LogP contribution >= 0.6 is 0 Å². The van der Waals surface area contributed by atoms with Crippen LogP contribution in [0.5, 0.6) is 0 Å². The fourth-order valence-electron chi connectivity index (χ4n) is 15.6. The van der Waals surface area contributed by atoms with Crippen LogP contribution in [0.4, 0.5) is 0 Å². The number of pyridine rings is 2. The smallest absolute Gasteiger partial charge is 0.162 e. The van der Waals surface area contributed by atoms with E-state index in [1.807, 2.05) is 48.9 Å². The van der Waals surface area contributed by atoms with E-state index in [4.69, 9.17) is 24.4 Å². The predicted octanol–water partition coefficient (Wildman–Crippen LogP) is 22.6. The molecule has 0 bridgehead atoms. The molecule has 6 heterocycles. The molecular formula is C87H54N6O. The van der Waals surface area contributed by atoms with E-state index in [0.717, 1.165) is 133 Å². The van der Waals surface area contributed by atoms with Gasteiger partial charge in [0.1, 0.15) is 17.0 Å². The first kappa shape index (κ1) is 52.5. The van der Waals surface area contributed by atoms with Crippen molar-refractivity contribution in [1.82, 2.24) is 29.1 Å². The van der Waals surface area contributed by atoms with Crippen LogP contribution in [0.25, 0.3) is 187 Å². The van der Waals surface area contributed by atoms with Gasteiger partial charge in [-0.1, -0.05) is 184 Å². The highest BCUT2D eigenvalue weighted by atomic mass is 16.3. The standard InChI is InChI=1S/C87H54N6O/c1-87(2)73-34-32-67-70-42-54-22-10-12-25-57(54)46-77(70)92(83(67)81(73)72-43-55-23-9-11-24-56(55)45-74(72)87)65-40-60(38-62(41-65)75-27-15-16-36-89-75)64-39-63(49-88-50-64)58-28-29-59-47-78-71(44-61(59)37-58)68-33-35-79-82(69-31-30-51-17-13-14-26-66(51)85(69)94-79)84(68)93(78)80-48-76(52-18-5-3-6-19-52)90-86(91-80)53-20-7-4-8-21-53/h3-50H,1-2H3. The predicted molar refractivity (Wildman–Crippen MR) is 388 cm³/mol. The summed E-state index contributed by atoms with van der Waals surface area (Å²) in [5.41, 5.74) is 21.0. The van der Waals surface area contributed by atoms with E-state index in [9.17, 15) is 0 Å². The third kappa shape index (κ3) is 7.85. The van der Waals surface area contributed by atoms with E-state index in [0.29, 0.717) is 5.82 Å². The maximum Gasteiger partial charge on any atom is 0.162 e. The van der Waals surface area contributed by atoms with Crippen molar-refractivity contribution in [1.29, 1.82) is 0 Å². The molecule has 20 rings (SSSR count). The van der Waals surface area contributed by atoms with Crippen molar-refractivity contribution in [3.05, 3.63) is 303 Å². The van der Waals surface area contributed by atoms with Crippen LogP contribution < -0.4 is 0 Å². The van der Waals surface area contributed by atoms with E-state index >= 15 is 0 Å². The van der Waals surface area contributed by atoms with Crippen molar-refractivity contribution in [2.24, 2.45) is 0 Å². The Kier molecular flexibility index (Phi) is 11.1. The molecule has 0 fully saturated rings. The van der Waals surface area contributed by atoms with Gasteiger partial charge in [0.25, 0.3) is 0 Å². The molecule has 0 unspecified atom stereocenters. The molecule has 0 radical (unpaired) electrons. The van der Waals surface area contributed by atoms with Gasteiger partial charge in [-0.2, -0.15) is 0 Å². The molecule has 0 spiro atoms. The van der Waals surface area contributed by atoms with Gasteiger partial charge in [0, 0.05) is 101 Å². The normalized spacial score (nSPS) is 12.9. The quantitative estimate of drug-likeness (QED) is 0.159. The molecule has 0 N–H and O–H groups in total. The highest BCUT2D eigenvalue weighted by Gasteiger charge is 2.38. The van der Waals surface area contributed by atoms with Gasteiger partial charge in [0.15, 0.2) is 5.82 Å². The van der Waals surface area contributed by atoms with Crippen LogP contribution in [0.1, 0.15) is 25.0 Å². The Hall–Kier alpha value is -12.3. The van der Waals surface area contributed by atoms with Crippen molar-refractivity contribution in [3.63, 3.8) is 0 Å². The van der Waals surface area contributed by atoms with Crippen LogP contribution in [0.15, 0.2) is 296 Å². The molecule has 13 aromatic carbocycles. The summed E-state index contributed by atoms with van der Waals surface area (Å²) in [5.74, 6) is 1.42. The zero-order valence-corrected chi connectivity index (χ0v) is 51.3. The van der Waals surface area contributed by atoms with Gasteiger partial charge in [-0.15, -0.1) is 0 Å². The molecular weight excluding hydrogens is 1140 g/mol. The molecule has 1 aliphatic rings. The lowest BCUT2D eigenvalue weighted by molar-refractivity contribution is 0.661. The Morgan fingerprint density at radius 2 is 0.979 bits per heavy atom. The number of furan rings is 1. The molecule has 0 saturated heterocycles. The van der Waals surface area contributed by atoms with Gasteiger partial charge in [0.2, 0.25) is 0 Å². The fraction of sp³-hybridized carbons (Fsp3) is 0.0345. The number of benzene rings is 13. The second-order valence-corrected chi connectivity index (χ2v) is 25.8. The first-order valence-corrected chi connectivity index (χ1v) is 32.1. The lowest BCUT2D eigenvalue weighted by Gasteiger charge is -2.22. The Labute approximate surface area is 539 Å². The molecule has 1 aliphatic carbocycles. The number of hydrogen-bond donors (Lipinski definition) is 0. The molecule has 19 aromatic rings. The monoisotopic (exact) mass is 1200 g/mol. The zero-order valence-electron chi connectivity index (χ0n) is 51.3. The molecule has 94 heavy (non-hydrogen) atoms. The molecule has 7 heteroatoms. The van der Waals surface area contributed by atoms with Gasteiger partial charge in [-0.3, -0.25) is 14.5 Å². The average Bonchev–Trinajstić information content (AvgIpc) is 1.54. The van der Waals surface area contributed by atoms with E-state index in [1.54, 1.807) is 0 Å². The highest BCUT2D eigenvalue weighted by molar-refractivity contribution is 6.28. The van der Waals surface area contributed by atoms with Gasteiger partial charge in [-0.25, -0.2) is 9.97 Å². The summed E-state index contributed by atoms with van der Waals surface area (Å²) in [7, 11) is 0. The van der Waals surface area contributed by atoms with Gasteiger partial charge >= 0.3 is 0 Å². The topological polar surface area (TPSA) is 74.6 Å². The Bertz CT molecular complexity index is 6380. The summed E-state index contributed by atoms with van der Waals surface area (Å²) in [6.45, 7) is 4.78. The lowest BCUT2D eigenvalue weighted by Crippen LogP contribution is -2.14. The molecule has 438 valence electrons. The minimum atomic E-state index is -0.230. The SMILES string of the molecule is CC1(C)c2cc3ccccc3cc2-c2c1ccc1c3cc4ccccc4cc3n(-c3cc(-c4cncc(-c5ccc6cc7c(cc6c5)c5ccc6oc8c9ccccc9ccc8c6c5n7-c5cc(-c6ccccc6)nc(-c6ccccc6)n5)c4)cc(-c4ccccn4)c3)c21. The van der Waals surface area contributed by atoms with Crippen molar-refractivity contribution in [2.75, 3.05) is 0 Å². The van der Waals surface area contributed by atoms with Crippen molar-refractivity contribution < 1.29 is 4.42 Å². The minimum absolute atomic E-state index is 0.230. The van der Waals surface area contributed by atoms with E-state index in [2.05, 4.69) is 266 Å². The van der Waals surface area contributed by atoms with Gasteiger partial charge in [0.05, 0.1) is 38.8 Å². The Balaban J connectivity index is 0.786. The molecule has 6 aromatic heterocycles. The molecule has 0 amide bonds. The minimum Gasteiger partial charge on any atom is -0.455 e. The summed E-state index contributed by atoms with van der Waals surface area (Å²) in [5, 5.41) is 16.1. The van der Waals surface area contributed by atoms with Crippen molar-refractivity contribution in [3.8, 4) is 78.8 Å². The summed E-state index contributed by atoms with van der Waals surface area (Å²) < 4.78 is 11.8. The number of rotatable bonds is 7. The summed E-state index contributed by atoms with van der Waals surface area (Å²) >= 11 is 0. The highest BCUT2D eigenvalue weighted by Crippen LogP contribution is 2.55. The van der Waals surface area contributed by atoms with Gasteiger partial charge in [-0.05, 0) is 163 Å². The molecule has 7 nitrogen and oxygen atoms in total. The number of fused-ring (bicyclic) bond motifs is 19. The second-order valence-electron chi connectivity index (χ2n) is 25.8. The van der Waals surface area contributed by atoms with Crippen molar-refractivity contribution >= 4 is 109 Å². The van der Waals surface area contributed by atoms with E-state index < -0.39 is 0 Å². The number of nitrogens with zero attached hydrogens (tertiary/aromatic N) is 6. The maximum absolute atomic E-state index is 6.92. The lowest BCUT2D eigenvalue weighted by atomic mass is 9.81. The first-order valence-electron chi connectivity index (χ1n) is 32.1. The third-order valence-corrected chi connectivity index (χ3v) is 20.1. The average molecular weight is 1200 g/mol. The van der Waals surface area contributed by atoms with Crippen LogP contribution in [-0.2, 0) is 5.41 Å². The largest absolute Gasteiger partial charge is 0.455 e. The third-order valence-electron chi connectivity index (χ3n) is 20.1. The number of aromatic nitrogens is 6. The summed E-state index contributed by atoms with van der Waals surface area (Å²) in [4.78, 5) is 20.8. The van der Waals surface area contributed by atoms with E-state index in [-0.39, 0.29) is 5.41 Å². The van der Waals surface area contributed by atoms with Crippen LogP contribution in [0.2, 0.25) is 0 Å². The van der Waals surface area contributed by atoms with Crippen LogP contribution in [0.3, 0.4) is 0 Å². The molecule has 0 saturated carbocycles. The van der Waals surface area contributed by atoms with Crippen molar-refractivity contribution in [2.45, 2.75) is 19.3 Å².